The topological polar surface area (TPSA) is 70.1 Å². The van der Waals surface area contributed by atoms with Crippen LogP contribution in [0.5, 0.6) is 0 Å². The highest BCUT2D eigenvalue weighted by Gasteiger charge is 2.28. The molecule has 0 bridgehead atoms. The molecular weight excluding hydrogens is 246 g/mol. The zero-order valence-electron chi connectivity index (χ0n) is 8.55. The Bertz CT molecular complexity index is 426. The summed E-state index contributed by atoms with van der Waals surface area (Å²) in [5, 5.41) is 10.6. The largest absolute Gasteiger partial charge is 0.337 e. The van der Waals surface area contributed by atoms with Gasteiger partial charge >= 0.3 is 0 Å². The molecule has 0 aliphatic carbocycles. The van der Waals surface area contributed by atoms with Gasteiger partial charge in [0.25, 0.3) is 0 Å². The maximum atomic E-state index is 11.5. The van der Waals surface area contributed by atoms with Crippen molar-refractivity contribution in [1.29, 1.82) is 5.26 Å². The van der Waals surface area contributed by atoms with E-state index in [1.54, 1.807) is 4.90 Å². The van der Waals surface area contributed by atoms with E-state index in [4.69, 9.17) is 11.0 Å². The van der Waals surface area contributed by atoms with Gasteiger partial charge in [0.1, 0.15) is 10.9 Å². The molecule has 1 unspecified atom stereocenters. The average Bonchev–Trinajstić information content (AvgIpc) is 2.80. The highest BCUT2D eigenvalue weighted by Crippen LogP contribution is 2.18. The number of likely N-dealkylation sites (tertiary alicyclic amines) is 1. The highest BCUT2D eigenvalue weighted by atomic mass is 35.5. The van der Waals surface area contributed by atoms with E-state index in [2.05, 4.69) is 6.07 Å². The number of nitrogens with zero attached hydrogens (tertiary/aromatic N) is 2. The van der Waals surface area contributed by atoms with Crippen LogP contribution in [-0.4, -0.2) is 23.4 Å². The van der Waals surface area contributed by atoms with E-state index < -0.39 is 0 Å². The molecule has 0 radical (unpaired) electrons. The lowest BCUT2D eigenvalue weighted by Gasteiger charge is -2.14. The van der Waals surface area contributed by atoms with Gasteiger partial charge in [-0.25, -0.2) is 0 Å². The van der Waals surface area contributed by atoms with Gasteiger partial charge in [-0.3, -0.25) is 4.79 Å². The molecule has 1 amide bonds. The Morgan fingerprint density at radius 3 is 2.94 bits per heavy atom. The third-order valence-corrected chi connectivity index (χ3v) is 3.36. The predicted molar refractivity (Wildman–Crippen MR) is 64.3 cm³/mol. The standard InChI is InChI=1S/C10H11N3OS.ClH/c11-4-8-3-7(6-15-8)5-13-2-1-9(12)10(13)14;/h3,6,9H,1-2,5,12H2;1H. The fraction of sp³-hybridized carbons (Fsp3) is 0.400. The first kappa shape index (κ1) is 13.0. The van der Waals surface area contributed by atoms with Crippen LogP contribution in [0.15, 0.2) is 11.4 Å². The van der Waals surface area contributed by atoms with E-state index in [1.165, 1.54) is 11.3 Å². The Hall–Kier alpha value is -1.09. The molecule has 2 rings (SSSR count). The molecule has 0 aromatic carbocycles. The lowest BCUT2D eigenvalue weighted by Crippen LogP contribution is -2.33. The number of thiophene rings is 1. The molecule has 2 N–H and O–H groups in total. The van der Waals surface area contributed by atoms with Crippen LogP contribution in [0.25, 0.3) is 0 Å². The van der Waals surface area contributed by atoms with Crippen molar-refractivity contribution in [3.8, 4) is 6.07 Å². The second-order valence-electron chi connectivity index (χ2n) is 3.59. The molecule has 1 aromatic rings. The molecule has 86 valence electrons. The predicted octanol–water partition coefficient (Wildman–Crippen LogP) is 1.10. The van der Waals surface area contributed by atoms with E-state index in [-0.39, 0.29) is 24.4 Å². The Morgan fingerprint density at radius 2 is 2.44 bits per heavy atom. The molecule has 1 aliphatic heterocycles. The van der Waals surface area contributed by atoms with Crippen LogP contribution in [0, 0.1) is 11.3 Å². The molecule has 2 heterocycles. The third kappa shape index (κ3) is 2.53. The zero-order chi connectivity index (χ0) is 10.8. The summed E-state index contributed by atoms with van der Waals surface area (Å²) in [5.74, 6) is 0.0136. The van der Waals surface area contributed by atoms with Gasteiger partial charge in [0, 0.05) is 13.1 Å². The van der Waals surface area contributed by atoms with Crippen LogP contribution in [-0.2, 0) is 11.3 Å². The molecule has 16 heavy (non-hydrogen) atoms. The van der Waals surface area contributed by atoms with Gasteiger partial charge in [0.05, 0.1) is 6.04 Å². The first-order valence-corrected chi connectivity index (χ1v) is 5.60. The summed E-state index contributed by atoms with van der Waals surface area (Å²) in [6.45, 7) is 1.29. The SMILES string of the molecule is Cl.N#Cc1cc(CN2CCC(N)C2=O)cs1. The van der Waals surface area contributed by atoms with Crippen molar-refractivity contribution in [3.63, 3.8) is 0 Å². The molecule has 4 nitrogen and oxygen atoms in total. The second kappa shape index (κ2) is 5.30. The number of hydrogen-bond donors (Lipinski definition) is 1. The first-order chi connectivity index (χ1) is 7.20. The van der Waals surface area contributed by atoms with Gasteiger partial charge in [-0.1, -0.05) is 0 Å². The Morgan fingerprint density at radius 1 is 1.69 bits per heavy atom. The maximum Gasteiger partial charge on any atom is 0.239 e. The van der Waals surface area contributed by atoms with Crippen molar-refractivity contribution in [1.82, 2.24) is 4.90 Å². The molecule has 1 aliphatic rings. The maximum absolute atomic E-state index is 11.5. The molecular formula is C10H12ClN3OS. The Labute approximate surface area is 104 Å². The summed E-state index contributed by atoms with van der Waals surface area (Å²) in [5.41, 5.74) is 6.63. The van der Waals surface area contributed by atoms with Gasteiger partial charge in [-0.2, -0.15) is 5.26 Å². The Kier molecular flexibility index (Phi) is 4.30. The number of nitrogens with two attached hydrogens (primary N) is 1. The lowest BCUT2D eigenvalue weighted by atomic mass is 10.3. The number of amides is 1. The molecule has 1 fully saturated rings. The Balaban J connectivity index is 0.00000128. The van der Waals surface area contributed by atoms with Crippen molar-refractivity contribution < 1.29 is 4.79 Å². The summed E-state index contributed by atoms with van der Waals surface area (Å²) in [7, 11) is 0. The monoisotopic (exact) mass is 257 g/mol. The highest BCUT2D eigenvalue weighted by molar-refractivity contribution is 7.10. The molecule has 0 saturated carbocycles. The van der Waals surface area contributed by atoms with Crippen molar-refractivity contribution in [3.05, 3.63) is 21.9 Å². The minimum atomic E-state index is -0.334. The quantitative estimate of drug-likeness (QED) is 0.863. The smallest absolute Gasteiger partial charge is 0.239 e. The molecule has 0 spiro atoms. The van der Waals surface area contributed by atoms with Crippen LogP contribution in [0.1, 0.15) is 16.9 Å². The van der Waals surface area contributed by atoms with Gasteiger partial charge in [-0.05, 0) is 23.4 Å². The van der Waals surface area contributed by atoms with E-state index in [0.717, 1.165) is 18.5 Å². The van der Waals surface area contributed by atoms with E-state index >= 15 is 0 Å². The summed E-state index contributed by atoms with van der Waals surface area (Å²) < 4.78 is 0. The molecule has 1 aromatic heterocycles. The molecule has 1 saturated heterocycles. The van der Waals surface area contributed by atoms with Crippen LogP contribution >= 0.6 is 23.7 Å². The fourth-order valence-corrected chi connectivity index (χ4v) is 2.35. The number of carbonyl (C=O) groups is 1. The van der Waals surface area contributed by atoms with Crippen molar-refractivity contribution in [2.45, 2.75) is 19.0 Å². The average molecular weight is 258 g/mol. The molecule has 6 heteroatoms. The van der Waals surface area contributed by atoms with E-state index in [0.29, 0.717) is 11.4 Å². The summed E-state index contributed by atoms with van der Waals surface area (Å²) in [6, 6.07) is 3.57. The van der Waals surface area contributed by atoms with Crippen molar-refractivity contribution in [2.24, 2.45) is 5.73 Å². The lowest BCUT2D eigenvalue weighted by molar-refractivity contribution is -0.129. The minimum absolute atomic E-state index is 0. The number of nitriles is 1. The van der Waals surface area contributed by atoms with Gasteiger partial charge in [-0.15, -0.1) is 23.7 Å². The first-order valence-electron chi connectivity index (χ1n) is 4.72. The number of rotatable bonds is 2. The fourth-order valence-electron chi connectivity index (χ4n) is 1.66. The van der Waals surface area contributed by atoms with Crippen LogP contribution in [0.3, 0.4) is 0 Å². The summed E-state index contributed by atoms with van der Waals surface area (Å²) in [6.07, 6.45) is 0.730. The van der Waals surface area contributed by atoms with Gasteiger partial charge < -0.3 is 10.6 Å². The summed E-state index contributed by atoms with van der Waals surface area (Å²) in [4.78, 5) is 14.0. The summed E-state index contributed by atoms with van der Waals surface area (Å²) >= 11 is 1.40. The van der Waals surface area contributed by atoms with Crippen LogP contribution in [0.4, 0.5) is 0 Å². The second-order valence-corrected chi connectivity index (χ2v) is 4.50. The van der Waals surface area contributed by atoms with Gasteiger partial charge in [0.15, 0.2) is 0 Å². The van der Waals surface area contributed by atoms with Crippen LogP contribution in [0.2, 0.25) is 0 Å². The molecule has 1 atom stereocenters. The third-order valence-electron chi connectivity index (χ3n) is 2.48. The van der Waals surface area contributed by atoms with Gasteiger partial charge in [0.2, 0.25) is 5.91 Å². The number of carbonyl (C=O) groups excluding carboxylic acids is 1. The van der Waals surface area contributed by atoms with E-state index in [9.17, 15) is 4.79 Å². The normalized spacial score (nSPS) is 19.4. The minimum Gasteiger partial charge on any atom is -0.337 e. The number of hydrogen-bond acceptors (Lipinski definition) is 4. The van der Waals surface area contributed by atoms with Crippen molar-refractivity contribution in [2.75, 3.05) is 6.54 Å². The number of halogens is 1. The van der Waals surface area contributed by atoms with E-state index in [1.807, 2.05) is 11.4 Å². The van der Waals surface area contributed by atoms with Crippen LogP contribution < -0.4 is 5.73 Å². The zero-order valence-corrected chi connectivity index (χ0v) is 10.2. The van der Waals surface area contributed by atoms with Crippen molar-refractivity contribution >= 4 is 29.7 Å².